The van der Waals surface area contributed by atoms with Gasteiger partial charge in [-0.05, 0) is 44.0 Å². The number of hydrogen-bond acceptors (Lipinski definition) is 9. The fourth-order valence-electron chi connectivity index (χ4n) is 5.75. The molecule has 0 saturated carbocycles. The van der Waals surface area contributed by atoms with Gasteiger partial charge in [-0.2, -0.15) is 0 Å². The first kappa shape index (κ1) is 29.9. The fraction of sp³-hybridized carbons (Fsp3) is 0.364. The number of aliphatic hydroxyl groups excluding tert-OH is 1. The Hall–Kier alpha value is -4.19. The van der Waals surface area contributed by atoms with E-state index in [-0.39, 0.29) is 25.5 Å². The second-order valence-electron chi connectivity index (χ2n) is 11.2. The van der Waals surface area contributed by atoms with Gasteiger partial charge in [-0.1, -0.05) is 42.5 Å². The van der Waals surface area contributed by atoms with E-state index in [2.05, 4.69) is 28.9 Å². The molecule has 228 valence electrons. The minimum atomic E-state index is -0.538. The van der Waals surface area contributed by atoms with Crippen molar-refractivity contribution in [3.63, 3.8) is 0 Å². The molecule has 0 unspecified atom stereocenters. The first-order chi connectivity index (χ1) is 21.3. The molecule has 1 amide bonds. The summed E-state index contributed by atoms with van der Waals surface area (Å²) in [5.41, 5.74) is 5.10. The zero-order valence-corrected chi connectivity index (χ0v) is 26.0. The van der Waals surface area contributed by atoms with Crippen LogP contribution >= 0.6 is 11.3 Å². The number of aliphatic imine (C=N–C) groups is 1. The van der Waals surface area contributed by atoms with E-state index in [4.69, 9.17) is 9.73 Å². The third-order valence-corrected chi connectivity index (χ3v) is 9.55. The minimum Gasteiger partial charge on any atom is -0.457 e. The Morgan fingerprint density at radius 1 is 0.977 bits per heavy atom. The molecule has 2 aromatic carbocycles. The Bertz CT molecular complexity index is 1690. The highest BCUT2D eigenvalue weighted by Crippen LogP contribution is 2.39. The number of β-amino-alcohol motifs (C(OH)–C–C–N with tert-alkyl or cyclic N) is 1. The monoisotopic (exact) mass is 612 g/mol. The van der Waals surface area contributed by atoms with E-state index >= 15 is 0 Å². The lowest BCUT2D eigenvalue weighted by molar-refractivity contribution is -0.133. The number of carbonyl (C=O) groups excluding carboxylic acids is 2. The number of fused-ring (bicyclic) bond motifs is 3. The number of nitrogens with zero attached hydrogens (tertiary/aromatic N) is 6. The summed E-state index contributed by atoms with van der Waals surface area (Å²) < 4.78 is 7.58. The highest BCUT2D eigenvalue weighted by Gasteiger charge is 2.34. The molecular weight excluding hydrogens is 576 g/mol. The third-order valence-electron chi connectivity index (χ3n) is 8.36. The van der Waals surface area contributed by atoms with Crippen LogP contribution in [0.3, 0.4) is 0 Å². The van der Waals surface area contributed by atoms with E-state index in [1.165, 1.54) is 0 Å². The maximum atomic E-state index is 13.6. The Morgan fingerprint density at radius 2 is 1.70 bits per heavy atom. The average Bonchev–Trinajstić information content (AvgIpc) is 3.52. The van der Waals surface area contributed by atoms with Crippen LogP contribution in [0, 0.1) is 20.8 Å². The number of aliphatic hydroxyl groups is 1. The molecule has 2 aromatic heterocycles. The maximum Gasteiger partial charge on any atom is 0.338 e. The number of esters is 1. The largest absolute Gasteiger partial charge is 0.457 e. The van der Waals surface area contributed by atoms with Gasteiger partial charge in [0.05, 0.1) is 24.3 Å². The quantitative estimate of drug-likeness (QED) is 0.299. The average molecular weight is 613 g/mol. The number of ether oxygens (including phenoxy) is 1. The number of amides is 1. The molecule has 1 fully saturated rings. The van der Waals surface area contributed by atoms with Gasteiger partial charge in [0.2, 0.25) is 5.91 Å². The lowest BCUT2D eigenvalue weighted by Gasteiger charge is -2.34. The Morgan fingerprint density at radius 3 is 2.41 bits per heavy atom. The summed E-state index contributed by atoms with van der Waals surface area (Å²) in [6.07, 6.45) is 0.165. The summed E-state index contributed by atoms with van der Waals surface area (Å²) in [6, 6.07) is 16.4. The number of hydrogen-bond donors (Lipinski definition) is 1. The summed E-state index contributed by atoms with van der Waals surface area (Å²) in [5.74, 6) is 1.01. The van der Waals surface area contributed by atoms with Crippen molar-refractivity contribution in [3.05, 3.63) is 98.9 Å². The molecule has 1 saturated heterocycles. The van der Waals surface area contributed by atoms with Gasteiger partial charge in [-0.25, -0.2) is 4.79 Å². The molecule has 0 spiro atoms. The molecule has 11 heteroatoms. The summed E-state index contributed by atoms with van der Waals surface area (Å²) in [5, 5.41) is 19.2. The van der Waals surface area contributed by atoms with Crippen LogP contribution in [0.1, 0.15) is 61.6 Å². The van der Waals surface area contributed by atoms with Crippen LogP contribution in [0.4, 0.5) is 0 Å². The van der Waals surface area contributed by atoms with Crippen LogP contribution in [-0.4, -0.2) is 86.6 Å². The molecule has 1 atom stereocenters. The summed E-state index contributed by atoms with van der Waals surface area (Å²) in [4.78, 5) is 36.9. The molecule has 0 aliphatic carbocycles. The first-order valence-corrected chi connectivity index (χ1v) is 15.7. The van der Waals surface area contributed by atoms with E-state index in [0.29, 0.717) is 31.0 Å². The molecule has 10 nitrogen and oxygen atoms in total. The van der Waals surface area contributed by atoms with Crippen molar-refractivity contribution in [1.29, 1.82) is 0 Å². The number of benzene rings is 2. The summed E-state index contributed by atoms with van der Waals surface area (Å²) in [7, 11) is 0. The Labute approximate surface area is 260 Å². The van der Waals surface area contributed by atoms with E-state index < -0.39 is 12.0 Å². The lowest BCUT2D eigenvalue weighted by atomic mass is 9.98. The smallest absolute Gasteiger partial charge is 0.338 e. The molecule has 0 bridgehead atoms. The Kier molecular flexibility index (Phi) is 8.69. The molecule has 2 aliphatic rings. The van der Waals surface area contributed by atoms with Gasteiger partial charge in [0, 0.05) is 48.7 Å². The Balaban J connectivity index is 1.31. The number of piperazine rings is 1. The standard InChI is InChI=1S/C33H36N6O4S/c1-21-22(2)44-32-29(21)30(25-9-11-26(12-10-25)33(42)43-20-24-7-5-4-6-8-24)34-27(31-36-35-23(3)39(31)32)19-28(41)38-15-13-37(14-16-38)17-18-40/h4-12,27,40H,13-20H2,1-3H3/t27-/m0/s1. The number of carbonyl (C=O) groups is 2. The van der Waals surface area contributed by atoms with Crippen molar-refractivity contribution < 1.29 is 19.4 Å². The normalized spacial score (nSPS) is 16.6. The number of thiophene rings is 1. The van der Waals surface area contributed by atoms with Gasteiger partial charge in [-0.15, -0.1) is 21.5 Å². The van der Waals surface area contributed by atoms with Crippen LogP contribution < -0.4 is 0 Å². The third kappa shape index (κ3) is 5.95. The molecular formula is C33H36N6O4S. The highest BCUT2D eigenvalue weighted by molar-refractivity contribution is 7.15. The van der Waals surface area contributed by atoms with Crippen molar-refractivity contribution in [2.45, 2.75) is 39.8 Å². The fourth-order valence-corrected chi connectivity index (χ4v) is 6.97. The minimum absolute atomic E-state index is 0.0172. The van der Waals surface area contributed by atoms with Crippen molar-refractivity contribution in [3.8, 4) is 5.00 Å². The van der Waals surface area contributed by atoms with Crippen LogP contribution in [0.25, 0.3) is 5.00 Å². The van der Waals surface area contributed by atoms with Crippen molar-refractivity contribution in [2.24, 2.45) is 4.99 Å². The molecule has 4 aromatic rings. The maximum absolute atomic E-state index is 13.6. The van der Waals surface area contributed by atoms with Crippen LogP contribution in [-0.2, 0) is 16.1 Å². The van der Waals surface area contributed by atoms with Gasteiger partial charge < -0.3 is 14.7 Å². The zero-order chi connectivity index (χ0) is 30.8. The van der Waals surface area contributed by atoms with E-state index in [1.54, 1.807) is 23.5 Å². The molecule has 44 heavy (non-hydrogen) atoms. The number of aryl methyl sites for hydroxylation is 2. The van der Waals surface area contributed by atoms with Crippen LogP contribution in [0.5, 0.6) is 0 Å². The number of rotatable bonds is 8. The van der Waals surface area contributed by atoms with E-state index in [1.807, 2.05) is 58.9 Å². The van der Waals surface area contributed by atoms with Crippen molar-refractivity contribution in [2.75, 3.05) is 39.3 Å². The summed E-state index contributed by atoms with van der Waals surface area (Å²) >= 11 is 1.66. The second-order valence-corrected chi connectivity index (χ2v) is 12.4. The van der Waals surface area contributed by atoms with Crippen molar-refractivity contribution >= 4 is 28.9 Å². The van der Waals surface area contributed by atoms with Gasteiger partial charge >= 0.3 is 5.97 Å². The molecule has 1 N–H and O–H groups in total. The molecule has 2 aliphatic heterocycles. The molecule has 4 heterocycles. The predicted molar refractivity (Wildman–Crippen MR) is 169 cm³/mol. The van der Waals surface area contributed by atoms with Crippen LogP contribution in [0.2, 0.25) is 0 Å². The first-order valence-electron chi connectivity index (χ1n) is 14.9. The SMILES string of the molecule is Cc1sc2c(c1C)C(c1ccc(C(=O)OCc3ccccc3)cc1)=N[C@@H](CC(=O)N1CCN(CCO)CC1)c1nnc(C)n1-2. The predicted octanol–water partition coefficient (Wildman–Crippen LogP) is 4.03. The number of aromatic nitrogens is 3. The van der Waals surface area contributed by atoms with Crippen molar-refractivity contribution in [1.82, 2.24) is 24.6 Å². The lowest BCUT2D eigenvalue weighted by Crippen LogP contribution is -2.49. The molecule has 0 radical (unpaired) electrons. The van der Waals surface area contributed by atoms with E-state index in [9.17, 15) is 14.7 Å². The highest BCUT2D eigenvalue weighted by atomic mass is 32.1. The topological polar surface area (TPSA) is 113 Å². The van der Waals surface area contributed by atoms with Crippen LogP contribution in [0.15, 0.2) is 59.6 Å². The van der Waals surface area contributed by atoms with Gasteiger partial charge in [0.1, 0.15) is 23.5 Å². The second kappa shape index (κ2) is 12.8. The van der Waals surface area contributed by atoms with E-state index in [0.717, 1.165) is 56.8 Å². The zero-order valence-electron chi connectivity index (χ0n) is 25.2. The van der Waals surface area contributed by atoms with Gasteiger partial charge in [0.15, 0.2) is 5.82 Å². The van der Waals surface area contributed by atoms with Gasteiger partial charge in [-0.3, -0.25) is 19.3 Å². The summed E-state index contributed by atoms with van der Waals surface area (Å²) in [6.45, 7) is 9.73. The molecule has 6 rings (SSSR count). The van der Waals surface area contributed by atoms with Gasteiger partial charge in [0.25, 0.3) is 0 Å².